The molecule has 1 aromatic carbocycles. The predicted molar refractivity (Wildman–Crippen MR) is 66.6 cm³/mol. The van der Waals surface area contributed by atoms with Crippen molar-refractivity contribution in [2.75, 3.05) is 26.3 Å². The normalized spacial score (nSPS) is 16.2. The fraction of sp³-hybridized carbons (Fsp3) is 0.417. The van der Waals surface area contributed by atoms with E-state index in [2.05, 4.69) is 4.90 Å². The van der Waals surface area contributed by atoms with E-state index in [9.17, 15) is 4.79 Å². The first-order valence-electron chi connectivity index (χ1n) is 5.38. The first-order chi connectivity index (χ1) is 7.75. The molecule has 1 heterocycles. The second-order valence-electron chi connectivity index (χ2n) is 3.89. The molecule has 0 aliphatic carbocycles. The summed E-state index contributed by atoms with van der Waals surface area (Å²) in [4.78, 5) is 13.1. The third-order valence-electron chi connectivity index (χ3n) is 2.68. The van der Waals surface area contributed by atoms with Crippen LogP contribution < -0.4 is 0 Å². The standard InChI is InChI=1S/C12H15NO3.K.H/c14-12(15)11-3-1-2-10(8-11)9-13-4-6-16-7-5-13;;/h1-3,8H,4-7,9H2,(H,14,15);;. The minimum absolute atomic E-state index is 0. The van der Waals surface area contributed by atoms with Crippen molar-refractivity contribution in [3.05, 3.63) is 35.4 Å². The Morgan fingerprint density at radius 2 is 2.06 bits per heavy atom. The van der Waals surface area contributed by atoms with Gasteiger partial charge in [-0.25, -0.2) is 4.79 Å². The number of carboxylic acid groups (broad SMARTS) is 1. The summed E-state index contributed by atoms with van der Waals surface area (Å²) in [6, 6.07) is 7.10. The van der Waals surface area contributed by atoms with Crippen LogP contribution in [0.5, 0.6) is 0 Å². The molecule has 1 aliphatic heterocycles. The van der Waals surface area contributed by atoms with Gasteiger partial charge in [-0.2, -0.15) is 0 Å². The molecule has 0 saturated carbocycles. The van der Waals surface area contributed by atoms with Crippen LogP contribution >= 0.6 is 0 Å². The van der Waals surface area contributed by atoms with E-state index in [1.807, 2.05) is 6.07 Å². The number of hydrogen-bond acceptors (Lipinski definition) is 3. The van der Waals surface area contributed by atoms with Crippen molar-refractivity contribution in [2.45, 2.75) is 6.54 Å². The minimum atomic E-state index is -0.871. The Balaban J connectivity index is 0.00000144. The number of ether oxygens (including phenoxy) is 1. The molecule has 1 N–H and O–H groups in total. The Bertz CT molecular complexity index is 378. The van der Waals surface area contributed by atoms with Gasteiger partial charge in [-0.15, -0.1) is 0 Å². The topological polar surface area (TPSA) is 49.8 Å². The maximum atomic E-state index is 10.8. The van der Waals surface area contributed by atoms with E-state index in [0.29, 0.717) is 5.56 Å². The van der Waals surface area contributed by atoms with Gasteiger partial charge < -0.3 is 9.84 Å². The Morgan fingerprint density at radius 1 is 1.35 bits per heavy atom. The summed E-state index contributed by atoms with van der Waals surface area (Å²) < 4.78 is 5.26. The van der Waals surface area contributed by atoms with Crippen LogP contribution in [0.2, 0.25) is 0 Å². The van der Waals surface area contributed by atoms with Crippen molar-refractivity contribution in [3.8, 4) is 0 Å². The van der Waals surface area contributed by atoms with Gasteiger partial charge in [-0.1, -0.05) is 12.1 Å². The molecule has 0 bridgehead atoms. The average Bonchev–Trinajstić information content (AvgIpc) is 2.30. The van der Waals surface area contributed by atoms with E-state index in [1.54, 1.807) is 18.2 Å². The summed E-state index contributed by atoms with van der Waals surface area (Å²) in [5.74, 6) is -0.871. The fourth-order valence-electron chi connectivity index (χ4n) is 1.82. The van der Waals surface area contributed by atoms with Crippen molar-refractivity contribution < 1.29 is 14.6 Å². The van der Waals surface area contributed by atoms with Crippen LogP contribution in [-0.2, 0) is 11.3 Å². The molecular weight excluding hydrogens is 245 g/mol. The van der Waals surface area contributed by atoms with E-state index >= 15 is 0 Å². The molecule has 0 unspecified atom stereocenters. The third kappa shape index (κ3) is 4.79. The van der Waals surface area contributed by atoms with Crippen molar-refractivity contribution in [1.82, 2.24) is 4.90 Å². The molecule has 0 amide bonds. The SMILES string of the molecule is O=C(O)c1cccc(CN2CCOCC2)c1.[KH]. The molecule has 0 spiro atoms. The molecule has 5 heteroatoms. The molecule has 1 fully saturated rings. The zero-order valence-corrected chi connectivity index (χ0v) is 9.06. The van der Waals surface area contributed by atoms with Gasteiger partial charge >= 0.3 is 57.4 Å². The Morgan fingerprint density at radius 3 is 2.71 bits per heavy atom. The number of aromatic carboxylic acids is 1. The number of hydrogen-bond donors (Lipinski definition) is 1. The predicted octanol–water partition coefficient (Wildman–Crippen LogP) is 0.568. The Labute approximate surface area is 143 Å². The van der Waals surface area contributed by atoms with Gasteiger partial charge in [0, 0.05) is 19.6 Å². The number of nitrogens with zero attached hydrogens (tertiary/aromatic N) is 1. The number of rotatable bonds is 3. The number of morpholine rings is 1. The molecule has 4 nitrogen and oxygen atoms in total. The molecule has 1 aliphatic rings. The van der Waals surface area contributed by atoms with Gasteiger partial charge in [0.1, 0.15) is 0 Å². The summed E-state index contributed by atoms with van der Waals surface area (Å²) in [6.07, 6.45) is 0. The second-order valence-corrected chi connectivity index (χ2v) is 3.89. The van der Waals surface area contributed by atoms with Gasteiger partial charge in [0.25, 0.3) is 0 Å². The number of carboxylic acids is 1. The number of carbonyl (C=O) groups is 1. The fourth-order valence-corrected chi connectivity index (χ4v) is 1.82. The van der Waals surface area contributed by atoms with Crippen LogP contribution in [0, 0.1) is 0 Å². The van der Waals surface area contributed by atoms with E-state index < -0.39 is 5.97 Å². The van der Waals surface area contributed by atoms with Crippen LogP contribution in [0.25, 0.3) is 0 Å². The molecule has 0 radical (unpaired) electrons. The summed E-state index contributed by atoms with van der Waals surface area (Å²) >= 11 is 0. The first kappa shape index (κ1) is 15.3. The maximum absolute atomic E-state index is 10.8. The van der Waals surface area contributed by atoms with E-state index in [4.69, 9.17) is 9.84 Å². The average molecular weight is 261 g/mol. The molecular formula is C12H16KNO3. The van der Waals surface area contributed by atoms with Gasteiger partial charge in [-0.3, -0.25) is 4.90 Å². The van der Waals surface area contributed by atoms with E-state index in [1.165, 1.54) is 0 Å². The third-order valence-corrected chi connectivity index (χ3v) is 2.68. The quantitative estimate of drug-likeness (QED) is 0.808. The molecule has 1 aromatic rings. The molecule has 88 valence electrons. The van der Waals surface area contributed by atoms with E-state index in [-0.39, 0.29) is 51.4 Å². The Kier molecular flexibility index (Phi) is 6.87. The van der Waals surface area contributed by atoms with Crippen LogP contribution in [0.4, 0.5) is 0 Å². The van der Waals surface area contributed by atoms with Crippen molar-refractivity contribution in [2.24, 2.45) is 0 Å². The van der Waals surface area contributed by atoms with Crippen molar-refractivity contribution in [1.29, 1.82) is 0 Å². The second kappa shape index (κ2) is 7.63. The van der Waals surface area contributed by atoms with Crippen LogP contribution in [-0.4, -0.2) is 93.7 Å². The molecule has 2 rings (SSSR count). The van der Waals surface area contributed by atoms with Crippen LogP contribution in [0.3, 0.4) is 0 Å². The first-order valence-corrected chi connectivity index (χ1v) is 5.38. The van der Waals surface area contributed by atoms with Gasteiger partial charge in [-0.05, 0) is 17.7 Å². The van der Waals surface area contributed by atoms with E-state index in [0.717, 1.165) is 38.4 Å². The van der Waals surface area contributed by atoms with Crippen molar-refractivity contribution >= 4 is 57.4 Å². The Hall–Kier alpha value is 0.246. The molecule has 17 heavy (non-hydrogen) atoms. The molecule has 1 saturated heterocycles. The molecule has 0 aromatic heterocycles. The molecule has 0 atom stereocenters. The van der Waals surface area contributed by atoms with Crippen LogP contribution in [0.1, 0.15) is 15.9 Å². The monoisotopic (exact) mass is 261 g/mol. The van der Waals surface area contributed by atoms with Gasteiger partial charge in [0.2, 0.25) is 0 Å². The van der Waals surface area contributed by atoms with Crippen LogP contribution in [0.15, 0.2) is 24.3 Å². The van der Waals surface area contributed by atoms with Crippen molar-refractivity contribution in [3.63, 3.8) is 0 Å². The van der Waals surface area contributed by atoms with Gasteiger partial charge in [0.15, 0.2) is 0 Å². The number of benzene rings is 1. The summed E-state index contributed by atoms with van der Waals surface area (Å²) in [7, 11) is 0. The summed E-state index contributed by atoms with van der Waals surface area (Å²) in [5.41, 5.74) is 1.40. The summed E-state index contributed by atoms with van der Waals surface area (Å²) in [6.45, 7) is 4.15. The summed E-state index contributed by atoms with van der Waals surface area (Å²) in [5, 5.41) is 8.88. The zero-order valence-electron chi connectivity index (χ0n) is 9.06. The zero-order chi connectivity index (χ0) is 11.4. The van der Waals surface area contributed by atoms with Gasteiger partial charge in [0.05, 0.1) is 18.8 Å².